The van der Waals surface area contributed by atoms with Crippen molar-refractivity contribution in [2.45, 2.75) is 52.4 Å². The van der Waals surface area contributed by atoms with Crippen molar-refractivity contribution in [3.8, 4) is 17.2 Å². The topological polar surface area (TPSA) is 20.6 Å². The molecule has 0 unspecified atom stereocenters. The fourth-order valence-corrected chi connectivity index (χ4v) is 5.10. The van der Waals surface area contributed by atoms with E-state index in [0.717, 1.165) is 27.8 Å². The van der Waals surface area contributed by atoms with E-state index in [9.17, 15) is 0 Å². The van der Waals surface area contributed by atoms with Gasteiger partial charge in [0, 0.05) is 17.0 Å². The molecule has 0 saturated carbocycles. The average Bonchev–Trinajstić information content (AvgIpc) is 3.48. The van der Waals surface area contributed by atoms with Crippen molar-refractivity contribution in [3.05, 3.63) is 115 Å². The molecule has 0 amide bonds. The Kier molecular flexibility index (Phi) is 7.59. The second kappa shape index (κ2) is 10.7. The van der Waals surface area contributed by atoms with Gasteiger partial charge in [0.05, 0.1) is 0 Å². The number of nitrogens with zero attached hydrogens (tertiary/aromatic N) is 3. The van der Waals surface area contributed by atoms with E-state index in [2.05, 4.69) is 124 Å². The van der Waals surface area contributed by atoms with Gasteiger partial charge in [-0.25, -0.2) is 0 Å². The maximum atomic E-state index is 6.50. The van der Waals surface area contributed by atoms with Crippen molar-refractivity contribution >= 4 is 27.5 Å². The molecule has 2 heterocycles. The van der Waals surface area contributed by atoms with E-state index < -0.39 is 0 Å². The molecule has 5 aromatic rings. The summed E-state index contributed by atoms with van der Waals surface area (Å²) in [6.07, 6.45) is 4.05. The molecule has 0 fully saturated rings. The molecule has 5 heteroatoms. The van der Waals surface area contributed by atoms with Crippen LogP contribution in [0.25, 0.3) is 27.5 Å². The Labute approximate surface area is 258 Å². The zero-order valence-electron chi connectivity index (χ0n) is 24.6. The minimum atomic E-state index is -0.0503. The van der Waals surface area contributed by atoms with Crippen LogP contribution in [0.1, 0.15) is 52.7 Å². The molecule has 1 aromatic heterocycles. The summed E-state index contributed by atoms with van der Waals surface area (Å²) >= 11 is 0. The van der Waals surface area contributed by atoms with Gasteiger partial charge in [0.25, 0.3) is 0 Å². The first-order valence-corrected chi connectivity index (χ1v) is 13.7. The molecule has 210 valence electrons. The van der Waals surface area contributed by atoms with E-state index in [-0.39, 0.29) is 31.9 Å². The van der Waals surface area contributed by atoms with Gasteiger partial charge in [-0.1, -0.05) is 70.9 Å². The number of aromatic nitrogens is 1. The molecule has 41 heavy (non-hydrogen) atoms. The van der Waals surface area contributed by atoms with Gasteiger partial charge in [0.15, 0.2) is 0 Å². The Morgan fingerprint density at radius 1 is 0.732 bits per heavy atom. The van der Waals surface area contributed by atoms with Crippen molar-refractivity contribution < 1.29 is 25.8 Å². The predicted molar refractivity (Wildman–Crippen MR) is 165 cm³/mol. The third-order valence-electron chi connectivity index (χ3n) is 7.41. The van der Waals surface area contributed by atoms with Crippen molar-refractivity contribution in [3.63, 3.8) is 0 Å². The minimum Gasteiger partial charge on any atom is -0.510 e. The number of ether oxygens (including phenoxy) is 1. The van der Waals surface area contributed by atoms with Crippen LogP contribution >= 0.6 is 0 Å². The third kappa shape index (κ3) is 5.68. The molecular formula is C36H35N3OPt. The summed E-state index contributed by atoms with van der Waals surface area (Å²) in [6, 6.07) is 33.8. The maximum Gasteiger partial charge on any atom is 4.00 e. The van der Waals surface area contributed by atoms with Crippen LogP contribution in [0.3, 0.4) is 0 Å². The Bertz CT molecular complexity index is 1750. The van der Waals surface area contributed by atoms with Crippen LogP contribution in [-0.4, -0.2) is 16.5 Å². The number of rotatable bonds is 4. The normalized spacial score (nSPS) is 13.7. The number of hydrogen-bond donors (Lipinski definition) is 0. The Morgan fingerprint density at radius 2 is 1.46 bits per heavy atom. The SMILES string of the molecule is CN1C=CN(c2[c-]c(Oc3[c-]c4c(cc3)c3ccccc3n4-c3[c-]ccc(C(C)(C)C)c3)cc(C(C)(C)C)c2)[CH-]1.[Pt+4]. The summed E-state index contributed by atoms with van der Waals surface area (Å²) in [4.78, 5) is 4.08. The van der Waals surface area contributed by atoms with E-state index in [0.29, 0.717) is 11.5 Å². The molecule has 0 aliphatic carbocycles. The number of fused-ring (bicyclic) bond motifs is 3. The Morgan fingerprint density at radius 3 is 2.17 bits per heavy atom. The molecular weight excluding hydrogens is 685 g/mol. The average molecular weight is 721 g/mol. The molecule has 4 aromatic carbocycles. The van der Waals surface area contributed by atoms with Crippen molar-refractivity contribution in [1.29, 1.82) is 0 Å². The predicted octanol–water partition coefficient (Wildman–Crippen LogP) is 8.91. The van der Waals surface area contributed by atoms with Crippen molar-refractivity contribution in [2.24, 2.45) is 0 Å². The van der Waals surface area contributed by atoms with Crippen LogP contribution in [0.15, 0.2) is 79.1 Å². The van der Waals surface area contributed by atoms with Gasteiger partial charge in [-0.15, -0.1) is 53.0 Å². The standard InChI is InChI=1S/C36H35N3O.Pt/c1-35(2,3)25-11-10-12-27(19-25)39-33-14-9-8-13-31(33)32-16-15-29(23-34(32)39)40-30-21-26(36(4,5)6)20-28(22-30)38-18-17-37(7)24-38;/h8-11,13-21,24H,1-7H3;/q-4;+4. The van der Waals surface area contributed by atoms with Crippen molar-refractivity contribution in [2.75, 3.05) is 11.9 Å². The summed E-state index contributed by atoms with van der Waals surface area (Å²) in [5.41, 5.74) is 6.44. The van der Waals surface area contributed by atoms with Crippen LogP contribution in [0.5, 0.6) is 11.5 Å². The number of para-hydroxylation sites is 1. The molecule has 6 rings (SSSR count). The second-order valence-corrected chi connectivity index (χ2v) is 12.6. The van der Waals surface area contributed by atoms with E-state index >= 15 is 0 Å². The van der Waals surface area contributed by atoms with Crippen LogP contribution < -0.4 is 9.64 Å². The van der Waals surface area contributed by atoms with E-state index in [1.807, 2.05) is 43.1 Å². The van der Waals surface area contributed by atoms with Crippen molar-refractivity contribution in [1.82, 2.24) is 9.47 Å². The second-order valence-electron chi connectivity index (χ2n) is 12.6. The number of anilines is 1. The van der Waals surface area contributed by atoms with Crippen LogP contribution in [0.4, 0.5) is 5.69 Å². The zero-order valence-corrected chi connectivity index (χ0v) is 26.9. The quantitative estimate of drug-likeness (QED) is 0.173. The summed E-state index contributed by atoms with van der Waals surface area (Å²) in [6.45, 7) is 15.4. The molecule has 1 aliphatic rings. The molecule has 0 N–H and O–H groups in total. The smallest absolute Gasteiger partial charge is 0.510 e. The van der Waals surface area contributed by atoms with Gasteiger partial charge in [-0.2, -0.15) is 36.5 Å². The monoisotopic (exact) mass is 720 g/mol. The van der Waals surface area contributed by atoms with Crippen LogP contribution in [-0.2, 0) is 31.9 Å². The van der Waals surface area contributed by atoms with Gasteiger partial charge < -0.3 is 19.1 Å². The third-order valence-corrected chi connectivity index (χ3v) is 7.41. The molecule has 1 aliphatic heterocycles. The molecule has 4 nitrogen and oxygen atoms in total. The van der Waals surface area contributed by atoms with Gasteiger partial charge in [-0.3, -0.25) is 0 Å². The first-order valence-electron chi connectivity index (χ1n) is 13.7. The summed E-state index contributed by atoms with van der Waals surface area (Å²) in [5, 5.41) is 2.31. The van der Waals surface area contributed by atoms with Gasteiger partial charge in [0.2, 0.25) is 0 Å². The number of benzene rings is 4. The van der Waals surface area contributed by atoms with Crippen LogP contribution in [0.2, 0.25) is 0 Å². The first kappa shape index (κ1) is 29.0. The first-order chi connectivity index (χ1) is 19.0. The largest absolute Gasteiger partial charge is 4.00 e. The summed E-state index contributed by atoms with van der Waals surface area (Å²) in [5.74, 6) is 1.31. The Balaban J connectivity index is 0.00000337. The van der Waals surface area contributed by atoms with Gasteiger partial charge in [0.1, 0.15) is 0 Å². The van der Waals surface area contributed by atoms with E-state index in [1.165, 1.54) is 16.5 Å². The van der Waals surface area contributed by atoms with Gasteiger partial charge >= 0.3 is 21.1 Å². The Hall–Kier alpha value is -3.49. The summed E-state index contributed by atoms with van der Waals surface area (Å²) < 4.78 is 8.74. The molecule has 0 spiro atoms. The maximum absolute atomic E-state index is 6.50. The van der Waals surface area contributed by atoms with E-state index in [4.69, 9.17) is 4.74 Å². The molecule has 0 saturated heterocycles. The molecule has 0 radical (unpaired) electrons. The number of hydrogen-bond acceptors (Lipinski definition) is 3. The van der Waals surface area contributed by atoms with Gasteiger partial charge in [-0.05, 0) is 41.7 Å². The zero-order chi connectivity index (χ0) is 28.2. The fraction of sp³-hybridized carbons (Fsp3) is 0.250. The summed E-state index contributed by atoms with van der Waals surface area (Å²) in [7, 11) is 2.01. The molecule has 0 atom stereocenters. The van der Waals surface area contributed by atoms with Crippen LogP contribution in [0, 0.1) is 24.9 Å². The fourth-order valence-electron chi connectivity index (χ4n) is 5.10. The minimum absolute atomic E-state index is 0. The molecule has 0 bridgehead atoms. The van der Waals surface area contributed by atoms with E-state index in [1.54, 1.807) is 0 Å².